The Morgan fingerprint density at radius 1 is 1.26 bits per heavy atom. The summed E-state index contributed by atoms with van der Waals surface area (Å²) in [6.45, 7) is 1.89. The molecule has 1 amide bonds. The van der Waals surface area contributed by atoms with Crippen LogP contribution in [0.25, 0.3) is 0 Å². The summed E-state index contributed by atoms with van der Waals surface area (Å²) < 4.78 is 13.9. The second-order valence-corrected chi connectivity index (χ2v) is 5.05. The smallest absolute Gasteiger partial charge is 0.259 e. The van der Waals surface area contributed by atoms with Gasteiger partial charge in [-0.25, -0.2) is 4.39 Å². The highest BCUT2D eigenvalue weighted by Crippen LogP contribution is 2.22. The van der Waals surface area contributed by atoms with Crippen molar-refractivity contribution in [2.75, 3.05) is 5.32 Å². The van der Waals surface area contributed by atoms with Crippen molar-refractivity contribution in [3.63, 3.8) is 0 Å². The van der Waals surface area contributed by atoms with Gasteiger partial charge < -0.3 is 10.4 Å². The Morgan fingerprint density at radius 2 is 2.00 bits per heavy atom. The normalized spacial score (nSPS) is 10.3. The molecule has 0 heterocycles. The lowest BCUT2D eigenvalue weighted by atomic mass is 10.1. The van der Waals surface area contributed by atoms with Crippen LogP contribution in [-0.4, -0.2) is 11.0 Å². The second-order valence-electron chi connectivity index (χ2n) is 4.13. The summed E-state index contributed by atoms with van der Waals surface area (Å²) in [4.78, 5) is 12.0. The molecular weight excluding hydrogens is 313 g/mol. The van der Waals surface area contributed by atoms with Crippen molar-refractivity contribution in [1.29, 1.82) is 0 Å². The van der Waals surface area contributed by atoms with Gasteiger partial charge in [-0.15, -0.1) is 0 Å². The minimum Gasteiger partial charge on any atom is -0.507 e. The van der Waals surface area contributed by atoms with Crippen LogP contribution in [0.1, 0.15) is 15.9 Å². The number of aromatic hydroxyl groups is 1. The first kappa shape index (κ1) is 13.5. The van der Waals surface area contributed by atoms with Crippen LogP contribution in [0.15, 0.2) is 40.9 Å². The average Bonchev–Trinajstić information content (AvgIpc) is 2.30. The Labute approximate surface area is 118 Å². The summed E-state index contributed by atoms with van der Waals surface area (Å²) in [6, 6.07) is 8.64. The number of phenols is 1. The van der Waals surface area contributed by atoms with Crippen LogP contribution in [0.5, 0.6) is 5.75 Å². The van der Waals surface area contributed by atoms with Gasteiger partial charge in [-0.2, -0.15) is 0 Å². The molecule has 2 aromatic carbocycles. The zero-order valence-electron chi connectivity index (χ0n) is 10.1. The van der Waals surface area contributed by atoms with Crippen LogP contribution >= 0.6 is 15.9 Å². The molecular formula is C14H11BrFNO2. The summed E-state index contributed by atoms with van der Waals surface area (Å²) in [5.74, 6) is -1.39. The van der Waals surface area contributed by atoms with E-state index in [0.29, 0.717) is 5.69 Å². The van der Waals surface area contributed by atoms with E-state index in [1.54, 1.807) is 12.1 Å². The van der Waals surface area contributed by atoms with Crippen molar-refractivity contribution in [1.82, 2.24) is 0 Å². The molecule has 0 aromatic heterocycles. The third-order valence-electron chi connectivity index (χ3n) is 2.50. The molecule has 2 aromatic rings. The van der Waals surface area contributed by atoms with Gasteiger partial charge in [0.05, 0.1) is 5.56 Å². The fourth-order valence-electron chi connectivity index (χ4n) is 1.70. The molecule has 0 spiro atoms. The maximum Gasteiger partial charge on any atom is 0.259 e. The molecule has 0 radical (unpaired) electrons. The summed E-state index contributed by atoms with van der Waals surface area (Å²) in [7, 11) is 0. The van der Waals surface area contributed by atoms with Crippen molar-refractivity contribution in [3.8, 4) is 5.75 Å². The molecule has 0 atom stereocenters. The molecule has 2 rings (SSSR count). The largest absolute Gasteiger partial charge is 0.507 e. The van der Waals surface area contributed by atoms with E-state index in [1.165, 1.54) is 0 Å². The molecule has 0 bridgehead atoms. The molecule has 5 heteroatoms. The summed E-state index contributed by atoms with van der Waals surface area (Å²) >= 11 is 3.32. The van der Waals surface area contributed by atoms with E-state index < -0.39 is 11.7 Å². The van der Waals surface area contributed by atoms with Crippen LogP contribution in [0.2, 0.25) is 0 Å². The molecule has 98 valence electrons. The zero-order valence-corrected chi connectivity index (χ0v) is 11.7. The topological polar surface area (TPSA) is 49.3 Å². The van der Waals surface area contributed by atoms with Crippen molar-refractivity contribution in [3.05, 3.63) is 57.8 Å². The molecule has 0 unspecified atom stereocenters. The number of carbonyl (C=O) groups is 1. The van der Waals surface area contributed by atoms with Crippen molar-refractivity contribution in [2.24, 2.45) is 0 Å². The molecule has 0 fully saturated rings. The number of nitrogens with one attached hydrogen (secondary N) is 1. The van der Waals surface area contributed by atoms with E-state index >= 15 is 0 Å². The van der Waals surface area contributed by atoms with Crippen LogP contribution in [0.4, 0.5) is 10.1 Å². The van der Waals surface area contributed by atoms with E-state index in [1.807, 2.05) is 13.0 Å². The minimum atomic E-state index is -0.576. The maximum atomic E-state index is 13.1. The number of hydrogen-bond donors (Lipinski definition) is 2. The Kier molecular flexibility index (Phi) is 3.85. The summed E-state index contributed by atoms with van der Waals surface area (Å²) in [6.07, 6.45) is 0. The highest BCUT2D eigenvalue weighted by atomic mass is 79.9. The Morgan fingerprint density at radius 3 is 2.68 bits per heavy atom. The fourth-order valence-corrected chi connectivity index (χ4v) is 2.30. The first-order valence-corrected chi connectivity index (χ1v) is 6.32. The van der Waals surface area contributed by atoms with Crippen molar-refractivity contribution in [2.45, 2.75) is 6.92 Å². The number of aryl methyl sites for hydroxylation is 1. The third kappa shape index (κ3) is 3.32. The number of anilines is 1. The van der Waals surface area contributed by atoms with Crippen molar-refractivity contribution >= 4 is 27.5 Å². The zero-order chi connectivity index (χ0) is 14.0. The number of carbonyl (C=O) groups excluding carboxylic acids is 1. The van der Waals surface area contributed by atoms with Crippen LogP contribution in [0.3, 0.4) is 0 Å². The second kappa shape index (κ2) is 5.40. The Bertz CT molecular complexity index is 623. The molecule has 0 aliphatic heterocycles. The van der Waals surface area contributed by atoms with Gasteiger partial charge in [0.25, 0.3) is 5.91 Å². The maximum absolute atomic E-state index is 13.1. The number of amides is 1. The Balaban J connectivity index is 2.28. The van der Waals surface area contributed by atoms with Crippen molar-refractivity contribution < 1.29 is 14.3 Å². The lowest BCUT2D eigenvalue weighted by Gasteiger charge is -2.08. The highest BCUT2D eigenvalue weighted by Gasteiger charge is 2.12. The van der Waals surface area contributed by atoms with Gasteiger partial charge in [-0.1, -0.05) is 15.9 Å². The third-order valence-corrected chi connectivity index (χ3v) is 2.96. The molecule has 0 saturated heterocycles. The van der Waals surface area contributed by atoms with Gasteiger partial charge in [-0.3, -0.25) is 4.79 Å². The SMILES string of the molecule is Cc1cc(Br)cc(NC(=O)c2cc(F)ccc2O)c1. The first-order chi connectivity index (χ1) is 8.95. The van der Waals surface area contributed by atoms with Gasteiger partial charge in [0.1, 0.15) is 11.6 Å². The summed E-state index contributed by atoms with van der Waals surface area (Å²) in [5, 5.41) is 12.2. The molecule has 0 aliphatic rings. The molecule has 3 nitrogen and oxygen atoms in total. The monoisotopic (exact) mass is 323 g/mol. The lowest BCUT2D eigenvalue weighted by molar-refractivity contribution is 0.102. The minimum absolute atomic E-state index is 0.0994. The van der Waals surface area contributed by atoms with Crippen LogP contribution in [0, 0.1) is 12.7 Å². The fraction of sp³-hybridized carbons (Fsp3) is 0.0714. The predicted octanol–water partition coefficient (Wildman–Crippen LogP) is 3.85. The average molecular weight is 324 g/mol. The molecule has 0 saturated carbocycles. The van der Waals surface area contributed by atoms with E-state index in [4.69, 9.17) is 0 Å². The van der Waals surface area contributed by atoms with E-state index in [0.717, 1.165) is 28.2 Å². The number of rotatable bonds is 2. The Hall–Kier alpha value is -1.88. The molecule has 2 N–H and O–H groups in total. The quantitative estimate of drug-likeness (QED) is 0.881. The van der Waals surface area contributed by atoms with Gasteiger partial charge in [0, 0.05) is 10.2 Å². The van der Waals surface area contributed by atoms with E-state index in [2.05, 4.69) is 21.2 Å². The van der Waals surface area contributed by atoms with E-state index in [-0.39, 0.29) is 11.3 Å². The number of halogens is 2. The highest BCUT2D eigenvalue weighted by molar-refractivity contribution is 9.10. The van der Waals surface area contributed by atoms with E-state index in [9.17, 15) is 14.3 Å². The predicted molar refractivity (Wildman–Crippen MR) is 74.9 cm³/mol. The number of benzene rings is 2. The van der Waals surface area contributed by atoms with Gasteiger partial charge in [-0.05, 0) is 48.9 Å². The number of phenolic OH excluding ortho intramolecular Hbond substituents is 1. The first-order valence-electron chi connectivity index (χ1n) is 5.53. The summed E-state index contributed by atoms with van der Waals surface area (Å²) in [5.41, 5.74) is 1.44. The molecule has 0 aliphatic carbocycles. The van der Waals surface area contributed by atoms with Gasteiger partial charge in [0.15, 0.2) is 0 Å². The molecule has 19 heavy (non-hydrogen) atoms. The van der Waals surface area contributed by atoms with Crippen LogP contribution in [-0.2, 0) is 0 Å². The van der Waals surface area contributed by atoms with Gasteiger partial charge in [0.2, 0.25) is 0 Å². The van der Waals surface area contributed by atoms with Gasteiger partial charge >= 0.3 is 0 Å². The van der Waals surface area contributed by atoms with Crippen LogP contribution < -0.4 is 5.32 Å². The lowest BCUT2D eigenvalue weighted by Crippen LogP contribution is -2.12. The standard InChI is InChI=1S/C14H11BrFNO2/c1-8-4-9(15)6-11(5-8)17-14(19)12-7-10(16)2-3-13(12)18/h2-7,18H,1H3,(H,17,19). The number of hydrogen-bond acceptors (Lipinski definition) is 2.